The lowest BCUT2D eigenvalue weighted by atomic mass is 9.58. The Hall–Kier alpha value is -5.54. The van der Waals surface area contributed by atoms with Gasteiger partial charge in [-0.1, -0.05) is 127 Å². The van der Waals surface area contributed by atoms with Gasteiger partial charge < -0.3 is 15.0 Å². The third kappa shape index (κ3) is 3.54. The van der Waals surface area contributed by atoms with E-state index < -0.39 is 0 Å². The second-order valence-electron chi connectivity index (χ2n) is 15.2. The molecule has 51 heavy (non-hydrogen) atoms. The highest BCUT2D eigenvalue weighted by atomic mass is 16.5. The highest BCUT2D eigenvalue weighted by Gasteiger charge is 2.62. The molecule has 0 aromatic heterocycles. The second-order valence-corrected chi connectivity index (χ2v) is 15.2. The first-order valence-corrected chi connectivity index (χ1v) is 18.8. The van der Waals surface area contributed by atoms with Gasteiger partial charge in [0.25, 0.3) is 0 Å². The first kappa shape index (κ1) is 28.2. The summed E-state index contributed by atoms with van der Waals surface area (Å²) in [6, 6.07) is 29.7. The number of dihydropyridines is 1. The molecule has 4 atom stereocenters. The van der Waals surface area contributed by atoms with Crippen molar-refractivity contribution in [3.63, 3.8) is 0 Å². The van der Waals surface area contributed by atoms with Gasteiger partial charge in [-0.05, 0) is 88.8 Å². The Labute approximate surface area is 299 Å². The van der Waals surface area contributed by atoms with Gasteiger partial charge in [-0.3, -0.25) is 0 Å². The second kappa shape index (κ2) is 10.3. The normalized spacial score (nSPS) is 28.0. The van der Waals surface area contributed by atoms with Crippen molar-refractivity contribution in [1.82, 2.24) is 10.2 Å². The number of rotatable bonds is 2. The van der Waals surface area contributed by atoms with Crippen LogP contribution in [0, 0.1) is 5.92 Å². The standard InChI is InChI=1S/C48H38N2O/c1-2-14-29(15-3-1)40-24-13-25-41(49-40)33-20-12-19-32-35-28-39-45-44(47(35)51-46(32)33)34-18-6-10-26-42(34)50(45)43-27-11-9-23-38(43)48(39)36-21-7-4-16-30(36)31-17-5-8-22-37(31)48/h1-9,11,13-18,20-25,28,40,43-44,47,49H,10,12,19,26-27H2. The Morgan fingerprint density at radius 1 is 0.804 bits per heavy atom. The molecular weight excluding hydrogens is 621 g/mol. The lowest BCUT2D eigenvalue weighted by Crippen LogP contribution is -2.51. The van der Waals surface area contributed by atoms with E-state index >= 15 is 0 Å². The topological polar surface area (TPSA) is 24.5 Å². The molecule has 0 fully saturated rings. The van der Waals surface area contributed by atoms with E-state index in [1.54, 1.807) is 0 Å². The summed E-state index contributed by atoms with van der Waals surface area (Å²) in [5.41, 5.74) is 19.1. The molecule has 1 spiro atoms. The summed E-state index contributed by atoms with van der Waals surface area (Å²) >= 11 is 0. The molecular formula is C48H38N2O. The Balaban J connectivity index is 1.08. The predicted octanol–water partition coefficient (Wildman–Crippen LogP) is 10.1. The molecule has 0 bridgehead atoms. The third-order valence-corrected chi connectivity index (χ3v) is 13.0. The van der Waals surface area contributed by atoms with Gasteiger partial charge in [0.15, 0.2) is 0 Å². The maximum atomic E-state index is 7.41. The summed E-state index contributed by atoms with van der Waals surface area (Å²) in [6.45, 7) is 0. The van der Waals surface area contributed by atoms with Crippen molar-refractivity contribution in [2.75, 3.05) is 0 Å². The number of hydrogen-bond donors (Lipinski definition) is 1. The highest BCUT2D eigenvalue weighted by Crippen LogP contribution is 2.67. The van der Waals surface area contributed by atoms with Crippen LogP contribution in [0.4, 0.5) is 0 Å². The molecule has 12 rings (SSSR count). The first-order chi connectivity index (χ1) is 25.3. The summed E-state index contributed by atoms with van der Waals surface area (Å²) in [7, 11) is 0. The van der Waals surface area contributed by atoms with Gasteiger partial charge in [0.2, 0.25) is 0 Å². The molecule has 5 aliphatic carbocycles. The highest BCUT2D eigenvalue weighted by molar-refractivity contribution is 5.88. The fourth-order valence-electron chi connectivity index (χ4n) is 11.1. The molecule has 4 unspecified atom stereocenters. The predicted molar refractivity (Wildman–Crippen MR) is 203 cm³/mol. The molecule has 4 heterocycles. The minimum absolute atomic E-state index is 0.0359. The van der Waals surface area contributed by atoms with Crippen LogP contribution in [0.3, 0.4) is 0 Å². The van der Waals surface area contributed by atoms with E-state index in [4.69, 9.17) is 4.74 Å². The number of nitrogens with one attached hydrogen (secondary N) is 1. The third-order valence-electron chi connectivity index (χ3n) is 13.0. The molecule has 3 aromatic rings. The Morgan fingerprint density at radius 3 is 2.45 bits per heavy atom. The maximum Gasteiger partial charge on any atom is 0.137 e. The molecule has 0 saturated heterocycles. The van der Waals surface area contributed by atoms with Crippen molar-refractivity contribution in [2.45, 2.75) is 55.7 Å². The number of nitrogens with zero attached hydrogens (tertiary/aromatic N) is 1. The Morgan fingerprint density at radius 2 is 1.61 bits per heavy atom. The van der Waals surface area contributed by atoms with Gasteiger partial charge >= 0.3 is 0 Å². The number of fused-ring (bicyclic) bond motifs is 14. The summed E-state index contributed by atoms with van der Waals surface area (Å²) in [6.07, 6.45) is 28.9. The molecule has 4 aliphatic heterocycles. The lowest BCUT2D eigenvalue weighted by Gasteiger charge is -2.52. The van der Waals surface area contributed by atoms with Crippen molar-refractivity contribution < 1.29 is 4.74 Å². The van der Waals surface area contributed by atoms with Gasteiger partial charge in [0.1, 0.15) is 11.9 Å². The summed E-state index contributed by atoms with van der Waals surface area (Å²) in [4.78, 5) is 2.80. The van der Waals surface area contributed by atoms with Crippen LogP contribution in [-0.2, 0) is 10.2 Å². The molecule has 3 nitrogen and oxygen atoms in total. The van der Waals surface area contributed by atoms with Gasteiger partial charge in [-0.2, -0.15) is 0 Å². The van der Waals surface area contributed by atoms with Gasteiger partial charge in [-0.25, -0.2) is 0 Å². The molecule has 0 radical (unpaired) electrons. The largest absolute Gasteiger partial charge is 0.484 e. The van der Waals surface area contributed by atoms with Crippen LogP contribution in [0.5, 0.6) is 0 Å². The Bertz CT molecular complexity index is 2370. The molecule has 9 aliphatic rings. The summed E-state index contributed by atoms with van der Waals surface area (Å²) in [5.74, 6) is 1.24. The fourth-order valence-corrected chi connectivity index (χ4v) is 11.1. The van der Waals surface area contributed by atoms with E-state index in [9.17, 15) is 0 Å². The molecule has 246 valence electrons. The molecule has 1 N–H and O–H groups in total. The van der Waals surface area contributed by atoms with E-state index in [0.717, 1.165) is 43.6 Å². The van der Waals surface area contributed by atoms with Crippen molar-refractivity contribution in [1.29, 1.82) is 0 Å². The molecule has 3 aromatic carbocycles. The monoisotopic (exact) mass is 658 g/mol. The number of benzene rings is 3. The quantitative estimate of drug-likeness (QED) is 0.297. The summed E-state index contributed by atoms with van der Waals surface area (Å²) in [5, 5.41) is 3.88. The van der Waals surface area contributed by atoms with Crippen molar-refractivity contribution in [2.24, 2.45) is 5.92 Å². The van der Waals surface area contributed by atoms with Crippen LogP contribution in [0.25, 0.3) is 11.1 Å². The van der Waals surface area contributed by atoms with Gasteiger partial charge in [0.05, 0.1) is 23.4 Å². The van der Waals surface area contributed by atoms with Crippen LogP contribution in [0.2, 0.25) is 0 Å². The van der Waals surface area contributed by atoms with Crippen molar-refractivity contribution in [3.8, 4) is 11.1 Å². The zero-order valence-corrected chi connectivity index (χ0v) is 28.5. The minimum Gasteiger partial charge on any atom is -0.484 e. The SMILES string of the molecule is C1=CCC2C(=C1)C1(C3=C4C(C5=C(CCC=C5)N42)C2OC4=C(CCC=C4C4=CC=CC(c5ccccc5)N4)C2=C3)c2ccccc2-c2ccccc21. The molecule has 0 saturated carbocycles. The maximum absolute atomic E-state index is 7.41. The smallest absolute Gasteiger partial charge is 0.137 e. The van der Waals surface area contributed by atoms with Crippen LogP contribution < -0.4 is 5.32 Å². The van der Waals surface area contributed by atoms with Crippen molar-refractivity contribution >= 4 is 0 Å². The van der Waals surface area contributed by atoms with Crippen molar-refractivity contribution in [3.05, 3.63) is 213 Å². The van der Waals surface area contributed by atoms with Crippen LogP contribution >= 0.6 is 0 Å². The summed E-state index contributed by atoms with van der Waals surface area (Å²) < 4.78 is 7.41. The van der Waals surface area contributed by atoms with Crippen LogP contribution in [-0.4, -0.2) is 17.0 Å². The zero-order valence-electron chi connectivity index (χ0n) is 28.5. The first-order valence-electron chi connectivity index (χ1n) is 18.8. The van der Waals surface area contributed by atoms with E-state index in [1.165, 1.54) is 72.6 Å². The lowest BCUT2D eigenvalue weighted by molar-refractivity contribution is 0.132. The number of allylic oxidation sites excluding steroid dienone is 10. The van der Waals surface area contributed by atoms with Gasteiger partial charge in [-0.15, -0.1) is 0 Å². The molecule has 0 amide bonds. The van der Waals surface area contributed by atoms with E-state index in [1.807, 2.05) is 0 Å². The molecule has 3 heteroatoms. The number of ether oxygens (including phenoxy) is 1. The van der Waals surface area contributed by atoms with E-state index in [2.05, 4.69) is 150 Å². The van der Waals surface area contributed by atoms with Crippen LogP contribution in [0.15, 0.2) is 196 Å². The zero-order chi connectivity index (χ0) is 33.3. The number of hydrogen-bond acceptors (Lipinski definition) is 3. The van der Waals surface area contributed by atoms with E-state index in [-0.39, 0.29) is 29.5 Å². The minimum atomic E-state index is -0.346. The van der Waals surface area contributed by atoms with E-state index in [0.29, 0.717) is 0 Å². The Kier molecular flexibility index (Phi) is 5.67. The average Bonchev–Trinajstić information content (AvgIpc) is 3.85. The fraction of sp³-hybridized carbons (Fsp3) is 0.208. The average molecular weight is 659 g/mol. The van der Waals surface area contributed by atoms with Crippen LogP contribution in [0.1, 0.15) is 54.8 Å². The van der Waals surface area contributed by atoms with Gasteiger partial charge in [0, 0.05) is 33.8 Å².